The van der Waals surface area contributed by atoms with E-state index in [-0.39, 0.29) is 24.1 Å². The van der Waals surface area contributed by atoms with Crippen molar-refractivity contribution in [2.75, 3.05) is 22.1 Å². The van der Waals surface area contributed by atoms with Gasteiger partial charge in [-0.2, -0.15) is 0 Å². The van der Waals surface area contributed by atoms with E-state index in [2.05, 4.69) is 17.6 Å². The first-order valence-corrected chi connectivity index (χ1v) is 11.1. The number of hydrogen-bond donors (Lipinski definition) is 2. The molecule has 3 amide bonds. The minimum absolute atomic E-state index is 0.0592. The summed E-state index contributed by atoms with van der Waals surface area (Å²) >= 11 is 0. The van der Waals surface area contributed by atoms with Crippen molar-refractivity contribution >= 4 is 34.8 Å². The summed E-state index contributed by atoms with van der Waals surface area (Å²) < 4.78 is 0. The monoisotopic (exact) mass is 441 g/mol. The highest BCUT2D eigenvalue weighted by atomic mass is 16.2. The van der Waals surface area contributed by atoms with Crippen LogP contribution in [0.1, 0.15) is 34.8 Å². The summed E-state index contributed by atoms with van der Waals surface area (Å²) in [6.45, 7) is 4.38. The van der Waals surface area contributed by atoms with Crippen LogP contribution in [0.3, 0.4) is 0 Å². The largest absolute Gasteiger partial charge is 0.326 e. The zero-order valence-corrected chi connectivity index (χ0v) is 18.8. The summed E-state index contributed by atoms with van der Waals surface area (Å²) in [6, 6.07) is 22.1. The number of amides is 3. The quantitative estimate of drug-likeness (QED) is 0.577. The molecule has 6 nitrogen and oxygen atoms in total. The van der Waals surface area contributed by atoms with Crippen molar-refractivity contribution in [2.24, 2.45) is 5.92 Å². The van der Waals surface area contributed by atoms with Gasteiger partial charge in [0.25, 0.3) is 5.91 Å². The number of nitrogens with one attached hydrogen (secondary N) is 2. The van der Waals surface area contributed by atoms with Crippen molar-refractivity contribution in [3.8, 4) is 0 Å². The molecule has 1 atom stereocenters. The molecule has 1 unspecified atom stereocenters. The van der Waals surface area contributed by atoms with Gasteiger partial charge in [-0.3, -0.25) is 14.4 Å². The van der Waals surface area contributed by atoms with Gasteiger partial charge in [0.05, 0.1) is 5.92 Å². The highest BCUT2D eigenvalue weighted by molar-refractivity contribution is 6.06. The molecule has 1 heterocycles. The Morgan fingerprint density at radius 3 is 2.36 bits per heavy atom. The van der Waals surface area contributed by atoms with Crippen LogP contribution < -0.4 is 15.5 Å². The number of carbonyl (C=O) groups is 3. The molecule has 4 rings (SSSR count). The van der Waals surface area contributed by atoms with Gasteiger partial charge in [-0.1, -0.05) is 43.3 Å². The molecule has 0 saturated carbocycles. The zero-order chi connectivity index (χ0) is 23.4. The molecular formula is C27H27N3O3. The molecule has 3 aromatic carbocycles. The topological polar surface area (TPSA) is 78.5 Å². The average Bonchev–Trinajstić information content (AvgIpc) is 3.23. The normalized spacial score (nSPS) is 15.4. The Hall–Kier alpha value is -3.93. The number of carbonyl (C=O) groups excluding carboxylic acids is 3. The maximum Gasteiger partial charge on any atom is 0.255 e. The standard InChI is InChI=1S/C27H27N3O3/c1-3-19-9-7-8-18(2)25(19)29-26(32)20-12-14-22(15-13-20)28-27(33)21-16-24(31)30(17-21)23-10-5-4-6-11-23/h4-15,21H,3,16-17H2,1-2H3,(H,28,33)(H,29,32). The fraction of sp³-hybridized carbons (Fsp3) is 0.222. The van der Waals surface area contributed by atoms with Crippen LogP contribution in [0.5, 0.6) is 0 Å². The fourth-order valence-electron chi connectivity index (χ4n) is 4.08. The summed E-state index contributed by atoms with van der Waals surface area (Å²) in [4.78, 5) is 39.5. The first-order chi connectivity index (χ1) is 16.0. The Bertz CT molecular complexity index is 1170. The van der Waals surface area contributed by atoms with E-state index in [9.17, 15) is 14.4 Å². The van der Waals surface area contributed by atoms with Crippen LogP contribution in [-0.2, 0) is 16.0 Å². The lowest BCUT2D eigenvalue weighted by molar-refractivity contribution is -0.122. The van der Waals surface area contributed by atoms with Crippen molar-refractivity contribution in [2.45, 2.75) is 26.7 Å². The molecule has 0 radical (unpaired) electrons. The highest BCUT2D eigenvalue weighted by Crippen LogP contribution is 2.26. The first-order valence-electron chi connectivity index (χ1n) is 11.1. The van der Waals surface area contributed by atoms with Gasteiger partial charge in [-0.15, -0.1) is 0 Å². The zero-order valence-electron chi connectivity index (χ0n) is 18.8. The molecule has 0 aromatic heterocycles. The van der Waals surface area contributed by atoms with E-state index in [1.165, 1.54) is 0 Å². The van der Waals surface area contributed by atoms with Crippen LogP contribution in [0.25, 0.3) is 0 Å². The van der Waals surface area contributed by atoms with Crippen LogP contribution in [0.15, 0.2) is 72.8 Å². The Balaban J connectivity index is 1.38. The number of benzene rings is 3. The summed E-state index contributed by atoms with van der Waals surface area (Å²) in [6.07, 6.45) is 1.00. The third kappa shape index (κ3) is 4.95. The Labute approximate surface area is 193 Å². The molecule has 1 saturated heterocycles. The maximum absolute atomic E-state index is 12.7. The second-order valence-electron chi connectivity index (χ2n) is 8.22. The molecule has 168 valence electrons. The van der Waals surface area contributed by atoms with Gasteiger partial charge in [-0.25, -0.2) is 0 Å². The van der Waals surface area contributed by atoms with Gasteiger partial charge in [0.15, 0.2) is 0 Å². The summed E-state index contributed by atoms with van der Waals surface area (Å²) in [5, 5.41) is 5.88. The number of hydrogen-bond acceptors (Lipinski definition) is 3. The van der Waals surface area contributed by atoms with Crippen molar-refractivity contribution in [3.05, 3.63) is 89.5 Å². The van der Waals surface area contributed by atoms with E-state index >= 15 is 0 Å². The lowest BCUT2D eigenvalue weighted by atomic mass is 10.1. The maximum atomic E-state index is 12.7. The van der Waals surface area contributed by atoms with Crippen LogP contribution >= 0.6 is 0 Å². The second-order valence-corrected chi connectivity index (χ2v) is 8.22. The molecule has 6 heteroatoms. The van der Waals surface area contributed by atoms with Gasteiger partial charge in [0.2, 0.25) is 11.8 Å². The summed E-state index contributed by atoms with van der Waals surface area (Å²) in [5.74, 6) is -0.881. The second kappa shape index (κ2) is 9.69. The number of para-hydroxylation sites is 2. The van der Waals surface area contributed by atoms with Crippen LogP contribution in [0.4, 0.5) is 17.1 Å². The van der Waals surface area contributed by atoms with E-state index in [0.29, 0.717) is 17.8 Å². The van der Waals surface area contributed by atoms with E-state index < -0.39 is 5.92 Å². The third-order valence-electron chi connectivity index (χ3n) is 5.96. The van der Waals surface area contributed by atoms with E-state index in [4.69, 9.17) is 0 Å². The number of anilines is 3. The first kappa shape index (κ1) is 22.3. The van der Waals surface area contributed by atoms with Crippen molar-refractivity contribution in [1.29, 1.82) is 0 Å². The smallest absolute Gasteiger partial charge is 0.255 e. The molecule has 2 N–H and O–H groups in total. The molecule has 1 fully saturated rings. The minimum atomic E-state index is -0.422. The lowest BCUT2D eigenvalue weighted by Crippen LogP contribution is -2.28. The third-order valence-corrected chi connectivity index (χ3v) is 5.96. The van der Waals surface area contributed by atoms with E-state index in [0.717, 1.165) is 28.9 Å². The van der Waals surface area contributed by atoms with Crippen molar-refractivity contribution < 1.29 is 14.4 Å². The molecule has 1 aliphatic heterocycles. The minimum Gasteiger partial charge on any atom is -0.326 e. The lowest BCUT2D eigenvalue weighted by Gasteiger charge is -2.16. The number of aryl methyl sites for hydroxylation is 2. The van der Waals surface area contributed by atoms with Crippen LogP contribution in [-0.4, -0.2) is 24.3 Å². The van der Waals surface area contributed by atoms with Crippen LogP contribution in [0, 0.1) is 12.8 Å². The Morgan fingerprint density at radius 2 is 1.67 bits per heavy atom. The number of nitrogens with zero attached hydrogens (tertiary/aromatic N) is 1. The van der Waals surface area contributed by atoms with Crippen molar-refractivity contribution in [1.82, 2.24) is 0 Å². The molecule has 1 aliphatic rings. The van der Waals surface area contributed by atoms with Gasteiger partial charge in [-0.05, 0) is 60.9 Å². The summed E-state index contributed by atoms with van der Waals surface area (Å²) in [7, 11) is 0. The van der Waals surface area contributed by atoms with E-state index in [1.807, 2.05) is 55.5 Å². The fourth-order valence-corrected chi connectivity index (χ4v) is 4.08. The SMILES string of the molecule is CCc1cccc(C)c1NC(=O)c1ccc(NC(=O)C2CC(=O)N(c3ccccc3)C2)cc1. The summed E-state index contributed by atoms with van der Waals surface area (Å²) in [5.41, 5.74) is 4.84. The predicted octanol–water partition coefficient (Wildman–Crippen LogP) is 4.80. The van der Waals surface area contributed by atoms with E-state index in [1.54, 1.807) is 29.2 Å². The van der Waals surface area contributed by atoms with Gasteiger partial charge < -0.3 is 15.5 Å². The molecule has 3 aromatic rings. The Morgan fingerprint density at radius 1 is 0.939 bits per heavy atom. The van der Waals surface area contributed by atoms with Crippen molar-refractivity contribution in [3.63, 3.8) is 0 Å². The molecule has 0 spiro atoms. The predicted molar refractivity (Wildman–Crippen MR) is 130 cm³/mol. The highest BCUT2D eigenvalue weighted by Gasteiger charge is 2.35. The Kier molecular flexibility index (Phi) is 6.54. The molecule has 0 aliphatic carbocycles. The molecule has 33 heavy (non-hydrogen) atoms. The van der Waals surface area contributed by atoms with Gasteiger partial charge >= 0.3 is 0 Å². The van der Waals surface area contributed by atoms with Crippen LogP contribution in [0.2, 0.25) is 0 Å². The average molecular weight is 442 g/mol. The molecule has 0 bridgehead atoms. The number of rotatable bonds is 6. The van der Waals surface area contributed by atoms with Gasteiger partial charge in [0.1, 0.15) is 0 Å². The van der Waals surface area contributed by atoms with Gasteiger partial charge in [0, 0.05) is 35.6 Å². The molecular weight excluding hydrogens is 414 g/mol.